The molecule has 2 aromatic carbocycles. The third-order valence-corrected chi connectivity index (χ3v) is 4.96. The maximum absolute atomic E-state index is 12.8. The standard InChI is InChI=1S/C23H26N2O3/c1-4-24(5-2)23(27)22(26)19-16-25(20-12-8-7-11-18(19)20)14-15-28-21-13-9-6-10-17(21)3/h6-13,16H,4-5,14-15H2,1-3H3. The van der Waals surface area contributed by atoms with E-state index in [0.29, 0.717) is 31.8 Å². The van der Waals surface area contributed by atoms with E-state index in [1.165, 1.54) is 0 Å². The summed E-state index contributed by atoms with van der Waals surface area (Å²) in [6.07, 6.45) is 1.77. The summed E-state index contributed by atoms with van der Waals surface area (Å²) in [7, 11) is 0. The van der Waals surface area contributed by atoms with Crippen molar-refractivity contribution in [2.45, 2.75) is 27.3 Å². The number of fused-ring (bicyclic) bond motifs is 1. The van der Waals surface area contributed by atoms with Crippen molar-refractivity contribution in [3.8, 4) is 5.75 Å². The van der Waals surface area contributed by atoms with Crippen molar-refractivity contribution in [3.05, 3.63) is 65.9 Å². The molecule has 0 N–H and O–H groups in total. The fraction of sp³-hybridized carbons (Fsp3) is 0.304. The van der Waals surface area contributed by atoms with Crippen LogP contribution < -0.4 is 4.74 Å². The molecule has 0 aliphatic rings. The molecule has 0 aliphatic carbocycles. The largest absolute Gasteiger partial charge is 0.491 e. The molecule has 1 heterocycles. The van der Waals surface area contributed by atoms with Gasteiger partial charge in [-0.25, -0.2) is 0 Å². The Hall–Kier alpha value is -3.08. The van der Waals surface area contributed by atoms with Gasteiger partial charge in [-0.15, -0.1) is 0 Å². The van der Waals surface area contributed by atoms with Gasteiger partial charge in [-0.3, -0.25) is 9.59 Å². The third-order valence-electron chi connectivity index (χ3n) is 4.96. The molecule has 0 spiro atoms. The molecular weight excluding hydrogens is 352 g/mol. The number of nitrogens with zero attached hydrogens (tertiary/aromatic N) is 2. The number of ketones is 1. The summed E-state index contributed by atoms with van der Waals surface area (Å²) in [4.78, 5) is 26.9. The molecular formula is C23H26N2O3. The molecule has 0 fully saturated rings. The highest BCUT2D eigenvalue weighted by Crippen LogP contribution is 2.23. The van der Waals surface area contributed by atoms with Crippen molar-refractivity contribution in [2.75, 3.05) is 19.7 Å². The molecule has 0 saturated carbocycles. The van der Waals surface area contributed by atoms with E-state index in [1.807, 2.05) is 73.9 Å². The van der Waals surface area contributed by atoms with Crippen molar-refractivity contribution in [3.63, 3.8) is 0 Å². The first kappa shape index (κ1) is 19.7. The van der Waals surface area contributed by atoms with Crippen LogP contribution in [0.25, 0.3) is 10.9 Å². The van der Waals surface area contributed by atoms with Gasteiger partial charge in [0.15, 0.2) is 0 Å². The number of aromatic nitrogens is 1. The number of aryl methyl sites for hydroxylation is 1. The molecule has 0 radical (unpaired) electrons. The first-order valence-corrected chi connectivity index (χ1v) is 9.66. The summed E-state index contributed by atoms with van der Waals surface area (Å²) in [5, 5.41) is 0.795. The molecule has 3 aromatic rings. The monoisotopic (exact) mass is 378 g/mol. The number of amides is 1. The van der Waals surface area contributed by atoms with Crippen molar-refractivity contribution >= 4 is 22.6 Å². The predicted octanol–water partition coefficient (Wildman–Crippen LogP) is 4.08. The lowest BCUT2D eigenvalue weighted by atomic mass is 10.1. The summed E-state index contributed by atoms with van der Waals surface area (Å²) in [5.41, 5.74) is 2.45. The fourth-order valence-corrected chi connectivity index (χ4v) is 3.35. The smallest absolute Gasteiger partial charge is 0.295 e. The number of rotatable bonds is 8. The number of hydrogen-bond donors (Lipinski definition) is 0. The molecule has 3 rings (SSSR count). The number of ether oxygens (including phenoxy) is 1. The van der Waals surface area contributed by atoms with Crippen LogP contribution in [0.5, 0.6) is 5.75 Å². The van der Waals surface area contributed by atoms with Gasteiger partial charge in [0.2, 0.25) is 0 Å². The van der Waals surface area contributed by atoms with E-state index in [4.69, 9.17) is 4.74 Å². The van der Waals surface area contributed by atoms with Crippen LogP contribution in [0.1, 0.15) is 29.8 Å². The van der Waals surface area contributed by atoms with Crippen LogP contribution in [-0.4, -0.2) is 40.9 Å². The SMILES string of the molecule is CCN(CC)C(=O)C(=O)c1cn(CCOc2ccccc2C)c2ccccc12. The number of Topliss-reactive ketones (excluding diaryl/α,β-unsaturated/α-hetero) is 1. The molecule has 146 valence electrons. The fourth-order valence-electron chi connectivity index (χ4n) is 3.35. The third kappa shape index (κ3) is 3.93. The molecule has 1 aromatic heterocycles. The minimum Gasteiger partial charge on any atom is -0.491 e. The molecule has 5 nitrogen and oxygen atoms in total. The van der Waals surface area contributed by atoms with Crippen molar-refractivity contribution in [1.29, 1.82) is 0 Å². The number of carbonyl (C=O) groups excluding carboxylic acids is 2. The number of para-hydroxylation sites is 2. The van der Waals surface area contributed by atoms with E-state index in [9.17, 15) is 9.59 Å². The molecule has 1 amide bonds. The topological polar surface area (TPSA) is 51.5 Å². The Morgan fingerprint density at radius 1 is 1.00 bits per heavy atom. The average molecular weight is 378 g/mol. The lowest BCUT2D eigenvalue weighted by Gasteiger charge is -2.17. The zero-order valence-electron chi connectivity index (χ0n) is 16.6. The summed E-state index contributed by atoms with van der Waals surface area (Å²) in [6, 6.07) is 15.5. The van der Waals surface area contributed by atoms with Gasteiger partial charge in [0.05, 0.1) is 12.1 Å². The number of benzene rings is 2. The second-order valence-electron chi connectivity index (χ2n) is 6.67. The lowest BCUT2D eigenvalue weighted by Crippen LogP contribution is -2.36. The minimum absolute atomic E-state index is 0.448. The Balaban J connectivity index is 1.83. The first-order chi connectivity index (χ1) is 13.6. The number of hydrogen-bond acceptors (Lipinski definition) is 3. The average Bonchev–Trinajstić information content (AvgIpc) is 3.08. The van der Waals surface area contributed by atoms with Crippen LogP contribution in [0, 0.1) is 6.92 Å². The molecule has 5 heteroatoms. The van der Waals surface area contributed by atoms with Gasteiger partial charge in [-0.05, 0) is 38.5 Å². The van der Waals surface area contributed by atoms with Crippen LogP contribution in [0.3, 0.4) is 0 Å². The van der Waals surface area contributed by atoms with E-state index >= 15 is 0 Å². The van der Waals surface area contributed by atoms with E-state index in [-0.39, 0.29) is 0 Å². The summed E-state index contributed by atoms with van der Waals surface area (Å²) in [5.74, 6) is -0.0606. The highest BCUT2D eigenvalue weighted by atomic mass is 16.5. The molecule has 28 heavy (non-hydrogen) atoms. The van der Waals surface area contributed by atoms with E-state index < -0.39 is 11.7 Å². The second kappa shape index (κ2) is 8.74. The quantitative estimate of drug-likeness (QED) is 0.438. The molecule has 0 aliphatic heterocycles. The van der Waals surface area contributed by atoms with Gasteiger partial charge in [0.25, 0.3) is 11.7 Å². The highest BCUT2D eigenvalue weighted by molar-refractivity contribution is 6.44. The predicted molar refractivity (Wildman–Crippen MR) is 111 cm³/mol. The van der Waals surface area contributed by atoms with Crippen molar-refractivity contribution < 1.29 is 14.3 Å². The summed E-state index contributed by atoms with van der Waals surface area (Å²) in [6.45, 7) is 7.86. The van der Waals surface area contributed by atoms with Crippen LogP contribution in [0.2, 0.25) is 0 Å². The Kier molecular flexibility index (Phi) is 6.14. The van der Waals surface area contributed by atoms with Crippen LogP contribution in [-0.2, 0) is 11.3 Å². The maximum atomic E-state index is 12.8. The molecule has 0 saturated heterocycles. The van der Waals surface area contributed by atoms with Gasteiger partial charge in [0, 0.05) is 30.2 Å². The van der Waals surface area contributed by atoms with Crippen molar-refractivity contribution in [1.82, 2.24) is 9.47 Å². The van der Waals surface area contributed by atoms with Gasteiger partial charge < -0.3 is 14.2 Å². The van der Waals surface area contributed by atoms with Crippen LogP contribution >= 0.6 is 0 Å². The van der Waals surface area contributed by atoms with E-state index in [0.717, 1.165) is 22.2 Å². The Labute approximate surface area is 165 Å². The number of carbonyl (C=O) groups is 2. The summed E-state index contributed by atoms with van der Waals surface area (Å²) >= 11 is 0. The summed E-state index contributed by atoms with van der Waals surface area (Å²) < 4.78 is 7.88. The molecule has 0 unspecified atom stereocenters. The van der Waals surface area contributed by atoms with Gasteiger partial charge in [0.1, 0.15) is 12.4 Å². The highest BCUT2D eigenvalue weighted by Gasteiger charge is 2.24. The normalized spacial score (nSPS) is 10.8. The Morgan fingerprint density at radius 2 is 1.68 bits per heavy atom. The van der Waals surface area contributed by atoms with E-state index in [1.54, 1.807) is 11.1 Å². The van der Waals surface area contributed by atoms with Crippen LogP contribution in [0.15, 0.2) is 54.7 Å². The maximum Gasteiger partial charge on any atom is 0.295 e. The zero-order valence-corrected chi connectivity index (χ0v) is 16.6. The second-order valence-corrected chi connectivity index (χ2v) is 6.67. The minimum atomic E-state index is -0.460. The Morgan fingerprint density at radius 3 is 2.39 bits per heavy atom. The first-order valence-electron chi connectivity index (χ1n) is 9.66. The van der Waals surface area contributed by atoms with Crippen molar-refractivity contribution in [2.24, 2.45) is 0 Å². The van der Waals surface area contributed by atoms with Gasteiger partial charge >= 0.3 is 0 Å². The molecule has 0 atom stereocenters. The van der Waals surface area contributed by atoms with Gasteiger partial charge in [-0.1, -0.05) is 36.4 Å². The Bertz CT molecular complexity index is 986. The number of likely N-dealkylation sites (N-methyl/N-ethyl adjacent to an activating group) is 1. The molecule has 0 bridgehead atoms. The van der Waals surface area contributed by atoms with Crippen LogP contribution in [0.4, 0.5) is 0 Å². The van der Waals surface area contributed by atoms with E-state index in [2.05, 4.69) is 0 Å². The lowest BCUT2D eigenvalue weighted by molar-refractivity contribution is -0.126. The zero-order chi connectivity index (χ0) is 20.1. The van der Waals surface area contributed by atoms with Gasteiger partial charge in [-0.2, -0.15) is 0 Å².